The van der Waals surface area contributed by atoms with Crippen molar-refractivity contribution in [3.63, 3.8) is 0 Å². The van der Waals surface area contributed by atoms with Crippen LogP contribution in [0, 0.1) is 0 Å². The number of primary amides is 5. The summed E-state index contributed by atoms with van der Waals surface area (Å²) in [5, 5.41) is 43.3. The van der Waals surface area contributed by atoms with E-state index in [1.165, 1.54) is 0 Å². The molecule has 0 aromatic carbocycles. The fourth-order valence-electron chi connectivity index (χ4n) is 0. The molecule has 0 saturated heterocycles. The first kappa shape index (κ1) is 42.7. The monoisotopic (exact) mass is 412 g/mol. The van der Waals surface area contributed by atoms with Gasteiger partial charge in [0.15, 0.2) is 0 Å². The SMILES string of the molecule is NC(=O)[O-].NC(=O)[O-].NC(=O)[O-].NC(=O)[O-].NC(=O)[O-].[Fe+2].[Fe+3]. The maximum absolute atomic E-state index is 8.67. The number of rotatable bonds is 0. The Morgan fingerprint density at radius 3 is 0.455 bits per heavy atom. The van der Waals surface area contributed by atoms with Crippen LogP contribution in [0.4, 0.5) is 24.0 Å². The van der Waals surface area contributed by atoms with Gasteiger partial charge in [0, 0.05) is 0 Å². The second-order valence-corrected chi connectivity index (χ2v) is 1.60. The summed E-state index contributed by atoms with van der Waals surface area (Å²) in [5.74, 6) is 0. The maximum Gasteiger partial charge on any atom is 3.00 e. The van der Waals surface area contributed by atoms with E-state index in [0.29, 0.717) is 0 Å². The molecule has 131 valence electrons. The summed E-state index contributed by atoms with van der Waals surface area (Å²) in [7, 11) is 0. The number of carboxylic acid groups (broad SMARTS) is 5. The first-order valence-electron chi connectivity index (χ1n) is 3.48. The van der Waals surface area contributed by atoms with Crippen molar-refractivity contribution in [1.29, 1.82) is 0 Å². The van der Waals surface area contributed by atoms with Crippen molar-refractivity contribution >= 4 is 30.5 Å². The van der Waals surface area contributed by atoms with Crippen molar-refractivity contribution in [2.24, 2.45) is 28.7 Å². The number of amides is 5. The molecular formula is C5H10Fe2N5O10. The summed E-state index contributed by atoms with van der Waals surface area (Å²) < 4.78 is 0. The van der Waals surface area contributed by atoms with Gasteiger partial charge in [-0.15, -0.1) is 0 Å². The van der Waals surface area contributed by atoms with E-state index in [9.17, 15) is 0 Å². The molecule has 0 bridgehead atoms. The standard InChI is InChI=1S/5CH3NO2.2Fe/c5*2-1(3)4;;/h5*2H2,(H,3,4);;/q;;;;;+2;+3/p-5. The van der Waals surface area contributed by atoms with E-state index < -0.39 is 30.5 Å². The number of hydrogen-bond acceptors (Lipinski definition) is 10. The van der Waals surface area contributed by atoms with Crippen LogP contribution in [0.15, 0.2) is 0 Å². The molecule has 0 unspecified atom stereocenters. The summed E-state index contributed by atoms with van der Waals surface area (Å²) >= 11 is 0. The summed E-state index contributed by atoms with van der Waals surface area (Å²) in [6, 6.07) is 0. The largest absolute Gasteiger partial charge is 3.00 e. The van der Waals surface area contributed by atoms with Crippen molar-refractivity contribution < 1.29 is 83.6 Å². The molecule has 0 saturated carbocycles. The van der Waals surface area contributed by atoms with Crippen LogP contribution >= 0.6 is 0 Å². The van der Waals surface area contributed by atoms with Gasteiger partial charge in [0.25, 0.3) is 0 Å². The fourth-order valence-corrected chi connectivity index (χ4v) is 0. The maximum atomic E-state index is 8.67. The summed E-state index contributed by atoms with van der Waals surface area (Å²) in [5.41, 5.74) is 19.6. The zero-order valence-corrected chi connectivity index (χ0v) is 12.4. The zero-order chi connectivity index (χ0) is 17.9. The third-order valence-corrected chi connectivity index (χ3v) is 0. The van der Waals surface area contributed by atoms with E-state index in [2.05, 4.69) is 28.7 Å². The van der Waals surface area contributed by atoms with Crippen molar-refractivity contribution in [1.82, 2.24) is 0 Å². The average molecular weight is 412 g/mol. The molecule has 5 amide bonds. The van der Waals surface area contributed by atoms with Gasteiger partial charge in [0.05, 0.1) is 0 Å². The molecule has 22 heavy (non-hydrogen) atoms. The Morgan fingerprint density at radius 2 is 0.455 bits per heavy atom. The van der Waals surface area contributed by atoms with Crippen molar-refractivity contribution in [3.8, 4) is 0 Å². The molecule has 0 atom stereocenters. The van der Waals surface area contributed by atoms with Crippen LogP contribution in [0.2, 0.25) is 0 Å². The smallest absolute Gasteiger partial charge is 0.530 e. The number of hydrogen-bond donors (Lipinski definition) is 5. The van der Waals surface area contributed by atoms with Crippen LogP contribution in [0.3, 0.4) is 0 Å². The van der Waals surface area contributed by atoms with Gasteiger partial charge < -0.3 is 78.2 Å². The first-order chi connectivity index (χ1) is 8.66. The van der Waals surface area contributed by atoms with E-state index >= 15 is 0 Å². The van der Waals surface area contributed by atoms with Crippen LogP contribution in [-0.4, -0.2) is 30.5 Å². The number of carbonyl (C=O) groups is 5. The molecule has 15 nitrogen and oxygen atoms in total. The molecule has 0 heterocycles. The topological polar surface area (TPSA) is 331 Å². The van der Waals surface area contributed by atoms with E-state index in [1.807, 2.05) is 0 Å². The van der Waals surface area contributed by atoms with Crippen molar-refractivity contribution in [2.45, 2.75) is 0 Å². The minimum atomic E-state index is -1.58. The first-order valence-corrected chi connectivity index (χ1v) is 3.48. The Labute approximate surface area is 143 Å². The van der Waals surface area contributed by atoms with E-state index in [0.717, 1.165) is 0 Å². The van der Waals surface area contributed by atoms with Crippen LogP contribution in [0.1, 0.15) is 0 Å². The number of carbonyl (C=O) groups excluding carboxylic acids is 5. The Hall–Kier alpha value is -2.61. The van der Waals surface area contributed by atoms with Gasteiger partial charge in [-0.05, 0) is 0 Å². The predicted molar refractivity (Wildman–Crippen MR) is 47.9 cm³/mol. The van der Waals surface area contributed by atoms with Crippen molar-refractivity contribution in [2.75, 3.05) is 0 Å². The molecule has 0 spiro atoms. The Kier molecular flexibility index (Phi) is 70.3. The van der Waals surface area contributed by atoms with E-state index in [-0.39, 0.29) is 34.1 Å². The van der Waals surface area contributed by atoms with Gasteiger partial charge in [0.2, 0.25) is 0 Å². The van der Waals surface area contributed by atoms with Crippen LogP contribution in [0.5, 0.6) is 0 Å². The molecule has 0 fully saturated rings. The molecular weight excluding hydrogens is 402 g/mol. The zero-order valence-electron chi connectivity index (χ0n) is 10.2. The number of nitrogens with two attached hydrogens (primary N) is 5. The van der Waals surface area contributed by atoms with Gasteiger partial charge in [-0.1, -0.05) is 0 Å². The summed E-state index contributed by atoms with van der Waals surface area (Å²) in [6.07, 6.45) is -7.92. The van der Waals surface area contributed by atoms with Gasteiger partial charge in [-0.2, -0.15) is 0 Å². The minimum Gasteiger partial charge on any atom is -0.530 e. The normalized spacial score (nSPS) is 5.45. The summed E-state index contributed by atoms with van der Waals surface area (Å²) in [6.45, 7) is 0. The Morgan fingerprint density at radius 1 is 0.455 bits per heavy atom. The van der Waals surface area contributed by atoms with E-state index in [1.54, 1.807) is 0 Å². The van der Waals surface area contributed by atoms with Crippen LogP contribution in [-0.2, 0) is 34.1 Å². The molecule has 0 aliphatic heterocycles. The third kappa shape index (κ3) is 685. The average Bonchev–Trinajstić information content (AvgIpc) is 1.94. The van der Waals surface area contributed by atoms with Gasteiger partial charge in [-0.3, -0.25) is 0 Å². The molecule has 17 heteroatoms. The second-order valence-electron chi connectivity index (χ2n) is 1.60. The quantitative estimate of drug-likeness (QED) is 0.234. The predicted octanol–water partition coefficient (Wildman–Crippen LogP) is -8.56. The third-order valence-electron chi connectivity index (χ3n) is 0. The minimum absolute atomic E-state index is 0. The molecule has 0 rings (SSSR count). The Bertz CT molecular complexity index is 224. The molecule has 0 aromatic heterocycles. The molecule has 10 N–H and O–H groups in total. The van der Waals surface area contributed by atoms with E-state index in [4.69, 9.17) is 49.5 Å². The van der Waals surface area contributed by atoms with Crippen LogP contribution < -0.4 is 54.2 Å². The van der Waals surface area contributed by atoms with Crippen LogP contribution in [0.25, 0.3) is 0 Å². The molecule has 0 aliphatic carbocycles. The summed E-state index contributed by atoms with van der Waals surface area (Å²) in [4.78, 5) is 43.3. The van der Waals surface area contributed by atoms with Gasteiger partial charge >= 0.3 is 34.1 Å². The second kappa shape index (κ2) is 36.2. The van der Waals surface area contributed by atoms with Gasteiger partial charge in [-0.25, -0.2) is 0 Å². The molecule has 0 aliphatic rings. The van der Waals surface area contributed by atoms with Crippen molar-refractivity contribution in [3.05, 3.63) is 0 Å². The van der Waals surface area contributed by atoms with Gasteiger partial charge in [0.1, 0.15) is 30.5 Å². The fraction of sp³-hybridized carbons (Fsp3) is 0. The molecule has 0 aromatic rings. The Balaban J connectivity index is -0.0000000250. The molecule has 1 radical (unpaired) electrons.